The van der Waals surface area contributed by atoms with Gasteiger partial charge >= 0.3 is 5.97 Å². The minimum absolute atomic E-state index is 0. The summed E-state index contributed by atoms with van der Waals surface area (Å²) < 4.78 is 24.5. The van der Waals surface area contributed by atoms with Crippen LogP contribution in [-0.4, -0.2) is 58.5 Å². The lowest BCUT2D eigenvalue weighted by atomic mass is 10.1. The van der Waals surface area contributed by atoms with E-state index in [2.05, 4.69) is 30.8 Å². The summed E-state index contributed by atoms with van der Waals surface area (Å²) in [6.07, 6.45) is 1.45. The van der Waals surface area contributed by atoms with Gasteiger partial charge in [-0.05, 0) is 48.5 Å². The Bertz CT molecular complexity index is 1430. The van der Waals surface area contributed by atoms with Crippen LogP contribution in [0.15, 0.2) is 70.2 Å². The van der Waals surface area contributed by atoms with Crippen LogP contribution in [0.4, 0.5) is 27.9 Å². The highest BCUT2D eigenvalue weighted by Gasteiger charge is 2.17. The van der Waals surface area contributed by atoms with Crippen LogP contribution in [0.5, 0.6) is 0 Å². The number of ether oxygens (including phenoxy) is 1. The van der Waals surface area contributed by atoms with Gasteiger partial charge in [-0.1, -0.05) is 12.1 Å². The average Bonchev–Trinajstić information content (AvgIpc) is 3.39. The van der Waals surface area contributed by atoms with Gasteiger partial charge in [0.05, 0.1) is 25.0 Å². The van der Waals surface area contributed by atoms with Crippen LogP contribution in [0.1, 0.15) is 16.1 Å². The number of furan rings is 1. The first kappa shape index (κ1) is 26.5. The largest absolute Gasteiger partial charge is 0.478 e. The predicted molar refractivity (Wildman–Crippen MR) is 142 cm³/mol. The molecule has 1 aliphatic heterocycles. The van der Waals surface area contributed by atoms with Gasteiger partial charge in [-0.15, -0.1) is 12.4 Å². The first-order chi connectivity index (χ1) is 18.0. The summed E-state index contributed by atoms with van der Waals surface area (Å²) in [6, 6.07) is 15.7. The Morgan fingerprint density at radius 1 is 1.03 bits per heavy atom. The van der Waals surface area contributed by atoms with Gasteiger partial charge < -0.3 is 24.5 Å². The van der Waals surface area contributed by atoms with Crippen molar-refractivity contribution in [3.05, 3.63) is 77.8 Å². The third-order valence-electron chi connectivity index (χ3n) is 5.40. The topological polar surface area (TPSA) is 138 Å². The van der Waals surface area contributed by atoms with Gasteiger partial charge in [0.1, 0.15) is 17.3 Å². The average molecular weight is 540 g/mol. The van der Waals surface area contributed by atoms with Crippen molar-refractivity contribution < 1.29 is 23.4 Å². The molecule has 0 spiro atoms. The van der Waals surface area contributed by atoms with Crippen LogP contribution in [-0.2, 0) is 4.74 Å². The van der Waals surface area contributed by atoms with E-state index in [1.807, 2.05) is 4.90 Å². The van der Waals surface area contributed by atoms with Gasteiger partial charge in [-0.25, -0.2) is 14.6 Å². The molecular formula is C25H23ClFN7O4. The van der Waals surface area contributed by atoms with E-state index >= 15 is 0 Å². The molecule has 4 aromatic rings. The number of aromatic carboxylic acids is 1. The van der Waals surface area contributed by atoms with E-state index in [0.29, 0.717) is 55.0 Å². The number of halogens is 2. The van der Waals surface area contributed by atoms with Gasteiger partial charge in [0, 0.05) is 24.3 Å². The number of rotatable bonds is 8. The maximum Gasteiger partial charge on any atom is 0.335 e. The molecule has 38 heavy (non-hydrogen) atoms. The molecule has 2 aromatic carbocycles. The van der Waals surface area contributed by atoms with Gasteiger partial charge in [0.15, 0.2) is 0 Å². The zero-order valence-corrected chi connectivity index (χ0v) is 20.7. The van der Waals surface area contributed by atoms with Crippen LogP contribution in [0.25, 0.3) is 11.3 Å². The second kappa shape index (κ2) is 12.1. The molecule has 0 aliphatic carbocycles. The highest BCUT2D eigenvalue weighted by molar-refractivity contribution is 5.89. The first-order valence-corrected chi connectivity index (χ1v) is 11.4. The molecule has 1 aliphatic rings. The second-order valence-corrected chi connectivity index (χ2v) is 7.97. The zero-order chi connectivity index (χ0) is 25.6. The minimum atomic E-state index is -1.01. The molecule has 3 heterocycles. The fourth-order valence-electron chi connectivity index (χ4n) is 3.57. The van der Waals surface area contributed by atoms with E-state index in [1.165, 1.54) is 30.5 Å². The number of aromatic nitrogens is 3. The van der Waals surface area contributed by atoms with Crippen molar-refractivity contribution in [2.75, 3.05) is 41.9 Å². The summed E-state index contributed by atoms with van der Waals surface area (Å²) in [6.45, 7) is 2.37. The van der Waals surface area contributed by atoms with E-state index in [1.54, 1.807) is 36.4 Å². The Labute approximate surface area is 222 Å². The molecular weight excluding hydrogens is 517 g/mol. The van der Waals surface area contributed by atoms with Crippen LogP contribution < -0.4 is 15.6 Å². The lowest BCUT2D eigenvalue weighted by Crippen LogP contribution is -2.37. The molecule has 2 aromatic heterocycles. The molecule has 1 fully saturated rings. The summed E-state index contributed by atoms with van der Waals surface area (Å²) >= 11 is 0. The van der Waals surface area contributed by atoms with Gasteiger partial charge in [0.25, 0.3) is 0 Å². The second-order valence-electron chi connectivity index (χ2n) is 7.97. The number of carboxylic acid groups (broad SMARTS) is 1. The van der Waals surface area contributed by atoms with Crippen LogP contribution in [0.2, 0.25) is 0 Å². The van der Waals surface area contributed by atoms with Crippen molar-refractivity contribution in [3.63, 3.8) is 0 Å². The molecule has 0 saturated carbocycles. The number of morpholine rings is 1. The SMILES string of the molecule is Cl.O=C(O)c1cccc(-c2ccc(C=NNc3nc(Nc4ccc(F)cc4)nc(N4CCOCC4)n3)o2)c1. The number of anilines is 4. The van der Waals surface area contributed by atoms with Crippen molar-refractivity contribution in [3.8, 4) is 11.3 Å². The van der Waals surface area contributed by atoms with Crippen molar-refractivity contribution in [2.24, 2.45) is 5.10 Å². The number of hydrazone groups is 1. The molecule has 11 nitrogen and oxygen atoms in total. The van der Waals surface area contributed by atoms with Gasteiger partial charge in [-0.3, -0.25) is 0 Å². The fraction of sp³-hybridized carbons (Fsp3) is 0.160. The summed E-state index contributed by atoms with van der Waals surface area (Å²) in [5.41, 5.74) is 4.21. The molecule has 1 saturated heterocycles. The monoisotopic (exact) mass is 539 g/mol. The van der Waals surface area contributed by atoms with Gasteiger partial charge in [0.2, 0.25) is 17.8 Å². The highest BCUT2D eigenvalue weighted by Crippen LogP contribution is 2.23. The number of carbonyl (C=O) groups is 1. The summed E-state index contributed by atoms with van der Waals surface area (Å²) in [5.74, 6) is 0.487. The Kier molecular flexibility index (Phi) is 8.46. The molecule has 0 bridgehead atoms. The zero-order valence-electron chi connectivity index (χ0n) is 19.9. The Balaban J connectivity index is 0.00000336. The smallest absolute Gasteiger partial charge is 0.335 e. The lowest BCUT2D eigenvalue weighted by molar-refractivity contribution is 0.0697. The van der Waals surface area contributed by atoms with Gasteiger partial charge in [-0.2, -0.15) is 20.1 Å². The van der Waals surface area contributed by atoms with E-state index in [0.717, 1.165) is 0 Å². The van der Waals surface area contributed by atoms with E-state index in [4.69, 9.17) is 9.15 Å². The van der Waals surface area contributed by atoms with Crippen molar-refractivity contribution in [1.82, 2.24) is 15.0 Å². The summed E-state index contributed by atoms with van der Waals surface area (Å²) in [4.78, 5) is 26.5. The number of hydrogen-bond acceptors (Lipinski definition) is 10. The minimum Gasteiger partial charge on any atom is -0.478 e. The molecule has 0 unspecified atom stereocenters. The van der Waals surface area contributed by atoms with Crippen molar-refractivity contribution >= 4 is 48.1 Å². The maximum absolute atomic E-state index is 13.3. The Morgan fingerprint density at radius 3 is 2.55 bits per heavy atom. The molecule has 196 valence electrons. The van der Waals surface area contributed by atoms with Crippen molar-refractivity contribution in [2.45, 2.75) is 0 Å². The molecule has 3 N–H and O–H groups in total. The number of hydrogen-bond donors (Lipinski definition) is 3. The van der Waals surface area contributed by atoms with Crippen LogP contribution >= 0.6 is 12.4 Å². The first-order valence-electron chi connectivity index (χ1n) is 11.4. The van der Waals surface area contributed by atoms with Crippen LogP contribution in [0.3, 0.4) is 0 Å². The maximum atomic E-state index is 13.3. The number of carboxylic acids is 1. The van der Waals surface area contributed by atoms with E-state index in [-0.39, 0.29) is 35.7 Å². The molecule has 13 heteroatoms. The fourth-order valence-corrected chi connectivity index (χ4v) is 3.57. The Hall–Kier alpha value is -4.55. The Morgan fingerprint density at radius 2 is 1.79 bits per heavy atom. The summed E-state index contributed by atoms with van der Waals surface area (Å²) in [7, 11) is 0. The normalized spacial score (nSPS) is 13.2. The van der Waals surface area contributed by atoms with E-state index in [9.17, 15) is 14.3 Å². The third-order valence-corrected chi connectivity index (χ3v) is 5.40. The van der Waals surface area contributed by atoms with E-state index < -0.39 is 5.97 Å². The third kappa shape index (κ3) is 6.60. The van der Waals surface area contributed by atoms with Crippen molar-refractivity contribution in [1.29, 1.82) is 0 Å². The molecule has 0 radical (unpaired) electrons. The number of benzene rings is 2. The molecule has 0 atom stereocenters. The lowest BCUT2D eigenvalue weighted by Gasteiger charge is -2.27. The molecule has 0 amide bonds. The predicted octanol–water partition coefficient (Wildman–Crippen LogP) is 4.42. The number of nitrogens with one attached hydrogen (secondary N) is 2. The quantitative estimate of drug-likeness (QED) is 0.218. The van der Waals surface area contributed by atoms with Crippen LogP contribution in [0, 0.1) is 5.82 Å². The molecule has 5 rings (SSSR count). The summed E-state index contributed by atoms with van der Waals surface area (Å²) in [5, 5.41) is 16.4. The standard InChI is InChI=1S/C25H22FN7O4.ClH/c26-18-4-6-19(7-5-18)28-23-29-24(31-25(30-23)33-10-12-36-13-11-33)32-27-15-20-8-9-21(37-20)16-2-1-3-17(14-16)22(34)35;/h1-9,14-15H,10-13H2,(H,34,35)(H2,28,29,30,31,32);1H. The highest BCUT2D eigenvalue weighted by atomic mass is 35.5. The number of nitrogens with zero attached hydrogens (tertiary/aromatic N) is 5.